The number of sulfonamides is 1. The third kappa shape index (κ3) is 4.22. The third-order valence-electron chi connectivity index (χ3n) is 6.14. The van der Waals surface area contributed by atoms with Crippen molar-refractivity contribution in [2.24, 2.45) is 0 Å². The fourth-order valence-corrected chi connectivity index (χ4v) is 5.88. The molecule has 1 aromatic heterocycles. The minimum absolute atomic E-state index is 0.179. The van der Waals surface area contributed by atoms with E-state index < -0.39 is 10.0 Å². The highest BCUT2D eigenvalue weighted by Gasteiger charge is 2.32. The molecule has 0 atom stereocenters. The maximum absolute atomic E-state index is 13.6. The monoisotopic (exact) mass is 474 g/mol. The summed E-state index contributed by atoms with van der Waals surface area (Å²) in [5, 5.41) is 4.06. The highest BCUT2D eigenvalue weighted by molar-refractivity contribution is 7.89. The number of aryl methyl sites for hydroxylation is 2. The van der Waals surface area contributed by atoms with E-state index in [1.54, 1.807) is 28.6 Å². The maximum Gasteiger partial charge on any atom is 0.259 e. The van der Waals surface area contributed by atoms with Gasteiger partial charge in [0.05, 0.1) is 10.5 Å². The first kappa shape index (κ1) is 22.3. The quantitative estimate of drug-likeness (QED) is 0.423. The van der Waals surface area contributed by atoms with Crippen LogP contribution in [-0.2, 0) is 10.0 Å². The lowest BCUT2D eigenvalue weighted by molar-refractivity contribution is 0.384. The molecule has 0 bridgehead atoms. The first-order valence-electron chi connectivity index (χ1n) is 11.2. The van der Waals surface area contributed by atoms with Crippen molar-refractivity contribution in [3.63, 3.8) is 0 Å². The Morgan fingerprint density at radius 2 is 1.56 bits per heavy atom. The molecule has 0 unspecified atom stereocenters. The number of hydrogen-bond donors (Lipinski definition) is 0. The average molecular weight is 475 g/mol. The zero-order chi connectivity index (χ0) is 23.7. The van der Waals surface area contributed by atoms with Gasteiger partial charge < -0.3 is 9.42 Å². The van der Waals surface area contributed by atoms with E-state index in [1.165, 1.54) is 11.1 Å². The molecular formula is C26H26N4O3S. The Hall–Kier alpha value is -3.49. The van der Waals surface area contributed by atoms with Gasteiger partial charge in [-0.2, -0.15) is 9.29 Å². The SMILES string of the molecule is Cc1ccc(C)c(N2CCN(S(=O)(=O)c3ccccc3-c3nc(-c4ccccc4)no3)CC2)c1. The second-order valence-electron chi connectivity index (χ2n) is 8.47. The summed E-state index contributed by atoms with van der Waals surface area (Å²) in [5.41, 5.74) is 4.77. The second-order valence-corrected chi connectivity index (χ2v) is 10.4. The lowest BCUT2D eigenvalue weighted by Crippen LogP contribution is -2.49. The molecule has 0 aliphatic carbocycles. The van der Waals surface area contributed by atoms with E-state index in [2.05, 4.69) is 47.1 Å². The van der Waals surface area contributed by atoms with Gasteiger partial charge in [0.25, 0.3) is 5.89 Å². The van der Waals surface area contributed by atoms with Crippen molar-refractivity contribution < 1.29 is 12.9 Å². The van der Waals surface area contributed by atoms with E-state index in [0.29, 0.717) is 37.6 Å². The molecule has 1 aliphatic rings. The fourth-order valence-electron chi connectivity index (χ4n) is 4.27. The number of rotatable bonds is 5. The summed E-state index contributed by atoms with van der Waals surface area (Å²) in [6.45, 7) is 6.23. The van der Waals surface area contributed by atoms with Crippen LogP contribution in [0.15, 0.2) is 82.2 Å². The van der Waals surface area contributed by atoms with Crippen molar-refractivity contribution in [2.75, 3.05) is 31.1 Å². The van der Waals surface area contributed by atoms with Crippen LogP contribution in [0.2, 0.25) is 0 Å². The Balaban J connectivity index is 1.40. The molecule has 5 rings (SSSR count). The number of benzene rings is 3. The smallest absolute Gasteiger partial charge is 0.259 e. The van der Waals surface area contributed by atoms with E-state index in [4.69, 9.17) is 4.52 Å². The van der Waals surface area contributed by atoms with E-state index in [1.807, 2.05) is 30.3 Å². The summed E-state index contributed by atoms with van der Waals surface area (Å²) in [7, 11) is -3.74. The zero-order valence-corrected chi connectivity index (χ0v) is 20.0. The van der Waals surface area contributed by atoms with Gasteiger partial charge in [0.15, 0.2) is 0 Å². The third-order valence-corrected chi connectivity index (χ3v) is 8.09. The van der Waals surface area contributed by atoms with Crippen molar-refractivity contribution in [1.82, 2.24) is 14.4 Å². The van der Waals surface area contributed by atoms with Gasteiger partial charge in [0.1, 0.15) is 0 Å². The van der Waals surface area contributed by atoms with Gasteiger partial charge in [-0.1, -0.05) is 59.8 Å². The van der Waals surface area contributed by atoms with Gasteiger partial charge in [-0.25, -0.2) is 8.42 Å². The van der Waals surface area contributed by atoms with Crippen LogP contribution in [0.25, 0.3) is 22.8 Å². The molecule has 0 saturated carbocycles. The van der Waals surface area contributed by atoms with Gasteiger partial charge in [-0.3, -0.25) is 0 Å². The van der Waals surface area contributed by atoms with Crippen molar-refractivity contribution in [2.45, 2.75) is 18.7 Å². The zero-order valence-electron chi connectivity index (χ0n) is 19.2. The lowest BCUT2D eigenvalue weighted by Gasteiger charge is -2.36. The van der Waals surface area contributed by atoms with Gasteiger partial charge in [0, 0.05) is 37.4 Å². The molecule has 1 saturated heterocycles. The number of nitrogens with zero attached hydrogens (tertiary/aromatic N) is 4. The Bertz CT molecular complexity index is 1410. The molecule has 174 valence electrons. The molecule has 7 nitrogen and oxygen atoms in total. The van der Waals surface area contributed by atoms with Gasteiger partial charge in [-0.15, -0.1) is 0 Å². The minimum atomic E-state index is -3.74. The standard InChI is InChI=1S/C26H26N4O3S/c1-19-12-13-20(2)23(18-19)29-14-16-30(17-15-29)34(31,32)24-11-7-6-10-22(24)26-27-25(28-33-26)21-8-4-3-5-9-21/h3-13,18H,14-17H2,1-2H3. The van der Waals surface area contributed by atoms with Crippen molar-refractivity contribution in [1.29, 1.82) is 0 Å². The van der Waals surface area contributed by atoms with Crippen molar-refractivity contribution in [3.05, 3.63) is 83.9 Å². The van der Waals surface area contributed by atoms with E-state index in [9.17, 15) is 8.42 Å². The normalized spacial score (nSPS) is 14.9. The first-order chi connectivity index (χ1) is 16.4. The molecule has 0 amide bonds. The summed E-state index contributed by atoms with van der Waals surface area (Å²) in [6.07, 6.45) is 0. The van der Waals surface area contributed by atoms with Gasteiger partial charge >= 0.3 is 0 Å². The van der Waals surface area contributed by atoms with Crippen LogP contribution in [0, 0.1) is 13.8 Å². The first-order valence-corrected chi connectivity index (χ1v) is 12.7. The van der Waals surface area contributed by atoms with E-state index in [0.717, 1.165) is 11.3 Å². The summed E-state index contributed by atoms with van der Waals surface area (Å²) in [5.74, 6) is 0.608. The molecule has 1 aliphatic heterocycles. The number of hydrogen-bond acceptors (Lipinski definition) is 6. The predicted molar refractivity (Wildman–Crippen MR) is 132 cm³/mol. The second kappa shape index (κ2) is 9.04. The van der Waals surface area contributed by atoms with Crippen molar-refractivity contribution >= 4 is 15.7 Å². The summed E-state index contributed by atoms with van der Waals surface area (Å²) in [6, 6.07) is 22.6. The topological polar surface area (TPSA) is 79.5 Å². The Labute approximate surface area is 199 Å². The highest BCUT2D eigenvalue weighted by Crippen LogP contribution is 2.31. The Kier molecular flexibility index (Phi) is 5.93. The van der Waals surface area contributed by atoms with E-state index >= 15 is 0 Å². The summed E-state index contributed by atoms with van der Waals surface area (Å²) < 4.78 is 34.3. The molecule has 3 aromatic carbocycles. The molecular weight excluding hydrogens is 448 g/mol. The molecule has 4 aromatic rings. The molecule has 0 N–H and O–H groups in total. The van der Waals surface area contributed by atoms with E-state index in [-0.39, 0.29) is 10.8 Å². The fraction of sp³-hybridized carbons (Fsp3) is 0.231. The maximum atomic E-state index is 13.6. The van der Waals surface area contributed by atoms with Crippen LogP contribution in [0.3, 0.4) is 0 Å². The number of anilines is 1. The number of aromatic nitrogens is 2. The van der Waals surface area contributed by atoms with Crippen LogP contribution in [0.4, 0.5) is 5.69 Å². The molecule has 8 heteroatoms. The Morgan fingerprint density at radius 3 is 2.32 bits per heavy atom. The highest BCUT2D eigenvalue weighted by atomic mass is 32.2. The summed E-state index contributed by atoms with van der Waals surface area (Å²) in [4.78, 5) is 6.90. The van der Waals surface area contributed by atoms with Crippen LogP contribution < -0.4 is 4.90 Å². The molecule has 2 heterocycles. The van der Waals surface area contributed by atoms with Crippen molar-refractivity contribution in [3.8, 4) is 22.8 Å². The average Bonchev–Trinajstić information content (AvgIpc) is 3.36. The summed E-state index contributed by atoms with van der Waals surface area (Å²) >= 11 is 0. The lowest BCUT2D eigenvalue weighted by atomic mass is 10.1. The minimum Gasteiger partial charge on any atom is -0.369 e. The van der Waals surface area contributed by atoms with Gasteiger partial charge in [-0.05, 0) is 43.2 Å². The Morgan fingerprint density at radius 1 is 0.853 bits per heavy atom. The molecule has 1 fully saturated rings. The predicted octanol–water partition coefficient (Wildman–Crippen LogP) is 4.53. The number of piperazine rings is 1. The molecule has 34 heavy (non-hydrogen) atoms. The van der Waals surface area contributed by atoms with Crippen LogP contribution in [0.5, 0.6) is 0 Å². The van der Waals surface area contributed by atoms with Gasteiger partial charge in [0.2, 0.25) is 15.8 Å². The van der Waals surface area contributed by atoms with Crippen LogP contribution in [-0.4, -0.2) is 49.0 Å². The molecule has 0 radical (unpaired) electrons. The molecule has 0 spiro atoms. The van der Waals surface area contributed by atoms with Crippen LogP contribution in [0.1, 0.15) is 11.1 Å². The van der Waals surface area contributed by atoms with Crippen LogP contribution >= 0.6 is 0 Å². The largest absolute Gasteiger partial charge is 0.369 e.